The van der Waals surface area contributed by atoms with Gasteiger partial charge in [-0.3, -0.25) is 4.79 Å². The van der Waals surface area contributed by atoms with Crippen molar-refractivity contribution in [2.75, 3.05) is 33.3 Å². The Bertz CT molecular complexity index is 408. The minimum Gasteiger partial charge on any atom is -0.394 e. The Balaban J connectivity index is 3.60. The second-order valence-electron chi connectivity index (χ2n) is 7.79. The predicted octanol–water partition coefficient (Wildman–Crippen LogP) is 5.93. The maximum Gasteiger partial charge on any atom is 0.223 e. The van der Waals surface area contributed by atoms with Crippen LogP contribution in [0.25, 0.3) is 0 Å². The average Bonchev–Trinajstić information content (AvgIpc) is 2.72. The van der Waals surface area contributed by atoms with Gasteiger partial charge in [0.05, 0.1) is 19.3 Å². The molecular formula is C23H43Cl2NO3. The maximum absolute atomic E-state index is 12.1. The standard InChI is InChI=1S/C23H43Cl2NO3/c1-26(22(19-27)20-29-2)23(28)17-13-9-4-3-7-11-15-21(25)16-12-8-5-6-10-14-18-24/h4,9,21-22,27H,3,5-8,10-20H2,1-2H3. The second kappa shape index (κ2) is 21.0. The molecule has 0 heterocycles. The van der Waals surface area contributed by atoms with E-state index in [2.05, 4.69) is 12.2 Å². The molecule has 0 aromatic heterocycles. The number of nitrogens with zero attached hydrogens (tertiary/aromatic N) is 1. The largest absolute Gasteiger partial charge is 0.394 e. The van der Waals surface area contributed by atoms with E-state index in [1.807, 2.05) is 0 Å². The summed E-state index contributed by atoms with van der Waals surface area (Å²) in [6.45, 7) is 0.271. The zero-order valence-corrected chi connectivity index (χ0v) is 20.1. The Morgan fingerprint density at radius 3 is 2.21 bits per heavy atom. The summed E-state index contributed by atoms with van der Waals surface area (Å²) in [7, 11) is 3.29. The van der Waals surface area contributed by atoms with Crippen LogP contribution in [0.3, 0.4) is 0 Å². The summed E-state index contributed by atoms with van der Waals surface area (Å²) in [5.41, 5.74) is 0. The van der Waals surface area contributed by atoms with Crippen LogP contribution in [0.2, 0.25) is 0 Å². The van der Waals surface area contributed by atoms with Gasteiger partial charge in [-0.1, -0.05) is 50.7 Å². The SMILES string of the molecule is COCC(CO)N(C)C(=O)CCC=CCCCCC(Cl)CCCCCCCCCl. The number of alkyl halides is 2. The fraction of sp³-hybridized carbons (Fsp3) is 0.870. The summed E-state index contributed by atoms with van der Waals surface area (Å²) in [5.74, 6) is 0.823. The molecule has 0 radical (unpaired) electrons. The van der Waals surface area contributed by atoms with Crippen LogP contribution in [-0.4, -0.2) is 60.6 Å². The van der Waals surface area contributed by atoms with Gasteiger partial charge in [0.15, 0.2) is 0 Å². The molecule has 1 amide bonds. The van der Waals surface area contributed by atoms with Crippen LogP contribution >= 0.6 is 23.2 Å². The van der Waals surface area contributed by atoms with E-state index >= 15 is 0 Å². The number of rotatable bonds is 20. The van der Waals surface area contributed by atoms with Crippen molar-refractivity contribution in [1.82, 2.24) is 4.90 Å². The van der Waals surface area contributed by atoms with Crippen LogP contribution in [0.4, 0.5) is 0 Å². The molecule has 0 aliphatic rings. The van der Waals surface area contributed by atoms with E-state index in [1.165, 1.54) is 32.1 Å². The number of hydrogen-bond donors (Lipinski definition) is 1. The highest BCUT2D eigenvalue weighted by molar-refractivity contribution is 6.20. The van der Waals surface area contributed by atoms with Gasteiger partial charge in [-0.05, 0) is 38.5 Å². The van der Waals surface area contributed by atoms with Gasteiger partial charge >= 0.3 is 0 Å². The van der Waals surface area contributed by atoms with Gasteiger partial charge in [0, 0.05) is 31.8 Å². The summed E-state index contributed by atoms with van der Waals surface area (Å²) < 4.78 is 5.03. The third-order valence-corrected chi connectivity index (χ3v) is 5.95. The molecule has 29 heavy (non-hydrogen) atoms. The number of halogens is 2. The molecule has 0 saturated carbocycles. The number of amides is 1. The molecule has 0 aliphatic heterocycles. The van der Waals surface area contributed by atoms with Crippen LogP contribution in [-0.2, 0) is 9.53 Å². The number of methoxy groups -OCH3 is 1. The monoisotopic (exact) mass is 451 g/mol. The average molecular weight is 453 g/mol. The number of ether oxygens (including phenoxy) is 1. The van der Waals surface area contributed by atoms with Gasteiger partial charge in [0.25, 0.3) is 0 Å². The third kappa shape index (κ3) is 17.1. The molecule has 0 bridgehead atoms. The van der Waals surface area contributed by atoms with E-state index in [4.69, 9.17) is 27.9 Å². The van der Waals surface area contributed by atoms with Crippen LogP contribution in [0.5, 0.6) is 0 Å². The van der Waals surface area contributed by atoms with E-state index in [0.29, 0.717) is 18.4 Å². The highest BCUT2D eigenvalue weighted by atomic mass is 35.5. The zero-order valence-electron chi connectivity index (χ0n) is 18.6. The van der Waals surface area contributed by atoms with Gasteiger partial charge in [0.1, 0.15) is 0 Å². The predicted molar refractivity (Wildman–Crippen MR) is 125 cm³/mol. The van der Waals surface area contributed by atoms with Gasteiger partial charge in [0.2, 0.25) is 5.91 Å². The van der Waals surface area contributed by atoms with Gasteiger partial charge in [-0.25, -0.2) is 0 Å². The van der Waals surface area contributed by atoms with Crippen molar-refractivity contribution >= 4 is 29.1 Å². The van der Waals surface area contributed by atoms with E-state index in [1.54, 1.807) is 19.1 Å². The number of unbranched alkanes of at least 4 members (excludes halogenated alkanes) is 7. The highest BCUT2D eigenvalue weighted by Gasteiger charge is 2.18. The molecule has 2 unspecified atom stereocenters. The van der Waals surface area contributed by atoms with E-state index < -0.39 is 0 Å². The van der Waals surface area contributed by atoms with Crippen LogP contribution < -0.4 is 0 Å². The summed E-state index contributed by atoms with van der Waals surface area (Å²) in [6, 6.07) is -0.268. The summed E-state index contributed by atoms with van der Waals surface area (Å²) in [5, 5.41) is 9.61. The number of likely N-dealkylation sites (N-methyl/N-ethyl adjacent to an activating group) is 1. The van der Waals surface area contributed by atoms with Crippen LogP contribution in [0.1, 0.15) is 83.5 Å². The topological polar surface area (TPSA) is 49.8 Å². The molecular weight excluding hydrogens is 409 g/mol. The number of hydrogen-bond acceptors (Lipinski definition) is 3. The molecule has 0 fully saturated rings. The number of carbonyl (C=O) groups excluding carboxylic acids is 1. The molecule has 0 saturated heterocycles. The summed E-state index contributed by atoms with van der Waals surface area (Å²) in [6.07, 6.45) is 18.5. The van der Waals surface area contributed by atoms with Crippen molar-refractivity contribution in [2.45, 2.75) is 94.9 Å². The van der Waals surface area contributed by atoms with Gasteiger partial charge in [-0.2, -0.15) is 0 Å². The molecule has 0 spiro atoms. The van der Waals surface area contributed by atoms with Crippen molar-refractivity contribution in [3.05, 3.63) is 12.2 Å². The molecule has 2 atom stereocenters. The molecule has 4 nitrogen and oxygen atoms in total. The lowest BCUT2D eigenvalue weighted by Crippen LogP contribution is -2.42. The molecule has 0 aromatic carbocycles. The second-order valence-corrected chi connectivity index (χ2v) is 8.78. The Morgan fingerprint density at radius 1 is 1.00 bits per heavy atom. The quantitative estimate of drug-likeness (QED) is 0.142. The Kier molecular flexibility index (Phi) is 20.8. The fourth-order valence-corrected chi connectivity index (χ4v) is 3.74. The van der Waals surface area contributed by atoms with Crippen LogP contribution in [0.15, 0.2) is 12.2 Å². The van der Waals surface area contributed by atoms with E-state index in [-0.39, 0.29) is 18.6 Å². The van der Waals surface area contributed by atoms with Crippen molar-refractivity contribution in [3.8, 4) is 0 Å². The molecule has 0 aromatic rings. The first-order chi connectivity index (χ1) is 14.1. The van der Waals surface area contributed by atoms with Crippen molar-refractivity contribution < 1.29 is 14.6 Å². The number of carbonyl (C=O) groups is 1. The highest BCUT2D eigenvalue weighted by Crippen LogP contribution is 2.17. The molecule has 0 aliphatic carbocycles. The van der Waals surface area contributed by atoms with E-state index in [0.717, 1.165) is 50.8 Å². The first-order valence-electron chi connectivity index (χ1n) is 11.3. The minimum absolute atomic E-state index is 0.0368. The number of aliphatic hydroxyl groups is 1. The fourth-order valence-electron chi connectivity index (χ4n) is 3.24. The molecule has 6 heteroatoms. The Morgan fingerprint density at radius 2 is 1.59 bits per heavy atom. The zero-order chi connectivity index (χ0) is 21.7. The van der Waals surface area contributed by atoms with E-state index in [9.17, 15) is 9.90 Å². The molecule has 172 valence electrons. The van der Waals surface area contributed by atoms with Crippen molar-refractivity contribution in [3.63, 3.8) is 0 Å². The molecule has 1 N–H and O–H groups in total. The van der Waals surface area contributed by atoms with Gasteiger partial charge < -0.3 is 14.7 Å². The Labute approximate surface area is 189 Å². The number of allylic oxidation sites excluding steroid dienone is 2. The van der Waals surface area contributed by atoms with Crippen molar-refractivity contribution in [2.24, 2.45) is 0 Å². The lowest BCUT2D eigenvalue weighted by atomic mass is 10.0. The Hall–Kier alpha value is -0.290. The smallest absolute Gasteiger partial charge is 0.223 e. The van der Waals surface area contributed by atoms with Crippen molar-refractivity contribution in [1.29, 1.82) is 0 Å². The summed E-state index contributed by atoms with van der Waals surface area (Å²) >= 11 is 12.1. The third-order valence-electron chi connectivity index (χ3n) is 5.24. The normalized spacial score (nSPS) is 13.7. The first-order valence-corrected chi connectivity index (χ1v) is 12.2. The lowest BCUT2D eigenvalue weighted by Gasteiger charge is -2.25. The number of aliphatic hydroxyl groups excluding tert-OH is 1. The first kappa shape index (κ1) is 28.7. The maximum atomic E-state index is 12.1. The molecule has 0 rings (SSSR count). The van der Waals surface area contributed by atoms with Crippen LogP contribution in [0, 0.1) is 0 Å². The minimum atomic E-state index is -0.268. The summed E-state index contributed by atoms with van der Waals surface area (Å²) in [4.78, 5) is 13.7. The van der Waals surface area contributed by atoms with Gasteiger partial charge in [-0.15, -0.1) is 23.2 Å². The lowest BCUT2D eigenvalue weighted by molar-refractivity contribution is -0.133.